The zero-order valence-corrected chi connectivity index (χ0v) is 49.8. The molecule has 0 amide bonds. The van der Waals surface area contributed by atoms with Crippen LogP contribution in [0.15, 0.2) is 56.5 Å². The summed E-state index contributed by atoms with van der Waals surface area (Å²) < 4.78 is 128. The number of nitrogens with one attached hydrogen (secondary N) is 2. The molecular weight excluding hydrogens is 999 g/mol. The molecule has 2 aromatic carbocycles. The summed E-state index contributed by atoms with van der Waals surface area (Å²) in [5, 5.41) is -1.00. The van der Waals surface area contributed by atoms with E-state index >= 15 is 0 Å². The van der Waals surface area contributed by atoms with E-state index in [-0.39, 0.29) is 94.4 Å². The van der Waals surface area contributed by atoms with E-state index in [0.717, 1.165) is 50.7 Å². The average molecular weight is 1080 g/mol. The van der Waals surface area contributed by atoms with Crippen LogP contribution in [0.25, 0.3) is 22.1 Å². The summed E-state index contributed by atoms with van der Waals surface area (Å²) in [5.41, 5.74) is -0.115. The van der Waals surface area contributed by atoms with Crippen LogP contribution in [0.5, 0.6) is 0 Å². The van der Waals surface area contributed by atoms with Crippen LogP contribution in [0.2, 0.25) is 0 Å². The fraction of sp³-hybridized carbons (Fsp3) is 0.708. The van der Waals surface area contributed by atoms with Crippen molar-refractivity contribution in [3.05, 3.63) is 36.4 Å². The fourth-order valence-corrected chi connectivity index (χ4v) is 11.1. The molecule has 4 aromatic rings. The van der Waals surface area contributed by atoms with Gasteiger partial charge in [0.2, 0.25) is 0 Å². The molecule has 0 bridgehead atoms. The number of rotatable bonds is 38. The molecule has 0 unspecified atom stereocenters. The number of benzene rings is 2. The average Bonchev–Trinajstić information content (AvgIpc) is 3.95. The molecule has 4 rings (SSSR count). The van der Waals surface area contributed by atoms with E-state index in [9.17, 15) is 42.8 Å². The zero-order valence-electron chi connectivity index (χ0n) is 42.5. The molecule has 0 aliphatic carbocycles. The van der Waals surface area contributed by atoms with Crippen LogP contribution in [0.1, 0.15) is 206 Å². The topological polar surface area (TPSA) is 258 Å². The van der Waals surface area contributed by atoms with Gasteiger partial charge in [-0.3, -0.25) is 8.37 Å². The van der Waals surface area contributed by atoms with Crippen molar-refractivity contribution in [1.82, 2.24) is 19.9 Å². The SMILES string of the molecule is CCCCCCCCCCCCCCCCCOS(=O)(=O)c1nc2c(S(=O)(=O)[O-])cccc2[nH]1.CCCCCCCCCCCCCCCCCOS(=O)(=O)c1nc2c(S(=O)(=O)[O-])cccc2[nH]1.[Na+].[Na+]. The summed E-state index contributed by atoms with van der Waals surface area (Å²) in [4.78, 5) is 11.5. The standard InChI is InChI=1S/2C24H40N2O6S2.2Na/c2*1-2-3-4-5-6-7-8-9-10-11-12-13-14-15-16-20-32-34(30,31)24-25-21-18-17-19-22(23(21)26-24)33(27,28)29;;/h2*17-19H,2-16,20H2,1H3,(H,25,26)(H,27,28,29);;/q;;2*+1/p-2. The maximum Gasteiger partial charge on any atom is 1.00 e. The third-order valence-electron chi connectivity index (χ3n) is 11.9. The van der Waals surface area contributed by atoms with Crippen LogP contribution >= 0.6 is 0 Å². The van der Waals surface area contributed by atoms with E-state index in [0.29, 0.717) is 12.8 Å². The number of H-pyrrole nitrogens is 2. The molecule has 0 radical (unpaired) electrons. The van der Waals surface area contributed by atoms with Gasteiger partial charge in [-0.2, -0.15) is 16.8 Å². The van der Waals surface area contributed by atoms with Gasteiger partial charge in [0.05, 0.1) is 34.0 Å². The van der Waals surface area contributed by atoms with Gasteiger partial charge >= 0.3 is 79.4 Å². The second kappa shape index (κ2) is 36.9. The molecule has 0 saturated carbocycles. The Bertz CT molecular complexity index is 2310. The Morgan fingerprint density at radius 1 is 0.400 bits per heavy atom. The van der Waals surface area contributed by atoms with Gasteiger partial charge in [0.25, 0.3) is 10.3 Å². The maximum atomic E-state index is 12.4. The van der Waals surface area contributed by atoms with E-state index in [1.54, 1.807) is 0 Å². The van der Waals surface area contributed by atoms with Crippen molar-refractivity contribution in [2.24, 2.45) is 0 Å². The summed E-state index contributed by atoms with van der Waals surface area (Å²) in [6.07, 6.45) is 36.5. The van der Waals surface area contributed by atoms with Gasteiger partial charge in [-0.25, -0.2) is 26.8 Å². The smallest absolute Gasteiger partial charge is 0.744 e. The Kier molecular flexibility index (Phi) is 35.3. The summed E-state index contributed by atoms with van der Waals surface area (Å²) in [7, 11) is -17.9. The number of nitrogens with zero attached hydrogens (tertiary/aromatic N) is 2. The summed E-state index contributed by atoms with van der Waals surface area (Å²) in [5.74, 6) is 0. The van der Waals surface area contributed by atoms with E-state index in [1.807, 2.05) is 0 Å². The number of fused-ring (bicyclic) bond motifs is 2. The predicted octanol–water partition coefficient (Wildman–Crippen LogP) is 6.10. The molecule has 2 aromatic heterocycles. The minimum Gasteiger partial charge on any atom is -0.744 e. The first-order valence-electron chi connectivity index (χ1n) is 25.2. The number of unbranched alkanes of at least 4 members (excludes halogenated alkanes) is 28. The Morgan fingerprint density at radius 2 is 0.643 bits per heavy atom. The number of hydrogen-bond acceptors (Lipinski definition) is 14. The van der Waals surface area contributed by atoms with Crippen LogP contribution in [0.4, 0.5) is 0 Å². The minimum absolute atomic E-state index is 0. The second-order valence-corrected chi connectivity index (χ2v) is 23.5. The molecular formula is C48H78N4Na2O12S4. The van der Waals surface area contributed by atoms with Crippen LogP contribution in [0, 0.1) is 0 Å². The van der Waals surface area contributed by atoms with Gasteiger partial charge in [-0.05, 0) is 37.1 Å². The number of para-hydroxylation sites is 2. The summed E-state index contributed by atoms with van der Waals surface area (Å²) >= 11 is 0. The van der Waals surface area contributed by atoms with Crippen molar-refractivity contribution in [3.8, 4) is 0 Å². The van der Waals surface area contributed by atoms with Crippen molar-refractivity contribution in [3.63, 3.8) is 0 Å². The van der Waals surface area contributed by atoms with Crippen molar-refractivity contribution in [2.45, 2.75) is 227 Å². The second-order valence-electron chi connectivity index (χ2n) is 17.7. The molecule has 16 nitrogen and oxygen atoms in total. The molecule has 22 heteroatoms. The van der Waals surface area contributed by atoms with Gasteiger partial charge < -0.3 is 19.1 Å². The predicted molar refractivity (Wildman–Crippen MR) is 264 cm³/mol. The molecule has 0 fully saturated rings. The number of hydrogen-bond donors (Lipinski definition) is 2. The molecule has 2 N–H and O–H groups in total. The first kappa shape index (κ1) is 67.0. The third kappa shape index (κ3) is 26.5. The van der Waals surface area contributed by atoms with Crippen LogP contribution in [-0.4, -0.2) is 75.9 Å². The third-order valence-corrected chi connectivity index (χ3v) is 15.9. The van der Waals surface area contributed by atoms with Gasteiger partial charge in [-0.15, -0.1) is 0 Å². The van der Waals surface area contributed by atoms with Gasteiger partial charge in [-0.1, -0.05) is 206 Å². The minimum atomic E-state index is -4.77. The molecule has 0 spiro atoms. The summed E-state index contributed by atoms with van der Waals surface area (Å²) in [6.45, 7) is 4.55. The number of aromatic nitrogens is 4. The van der Waals surface area contributed by atoms with E-state index in [4.69, 9.17) is 8.37 Å². The zero-order chi connectivity index (χ0) is 49.7. The molecule has 2 heterocycles. The Balaban J connectivity index is 0.000000681. The largest absolute Gasteiger partial charge is 1.00 e. The quantitative estimate of drug-likeness (QED) is 0.0223. The van der Waals surface area contributed by atoms with Crippen molar-refractivity contribution < 1.29 is 110 Å². The first-order chi connectivity index (χ1) is 32.5. The molecule has 0 saturated heterocycles. The number of imidazole rings is 2. The first-order valence-corrected chi connectivity index (χ1v) is 30.8. The van der Waals surface area contributed by atoms with Crippen LogP contribution in [-0.2, 0) is 48.8 Å². The monoisotopic (exact) mass is 1080 g/mol. The molecule has 0 aliphatic heterocycles. The van der Waals surface area contributed by atoms with E-state index < -0.39 is 60.6 Å². The van der Waals surface area contributed by atoms with E-state index in [1.165, 1.54) is 166 Å². The van der Waals surface area contributed by atoms with Crippen molar-refractivity contribution in [1.29, 1.82) is 0 Å². The number of aromatic amines is 2. The summed E-state index contributed by atoms with van der Waals surface area (Å²) in [6, 6.07) is 7.78. The molecule has 0 atom stereocenters. The van der Waals surface area contributed by atoms with Gasteiger partial charge in [0.15, 0.2) is 0 Å². The normalized spacial score (nSPS) is 12.2. The van der Waals surface area contributed by atoms with Gasteiger partial charge in [0.1, 0.15) is 31.3 Å². The van der Waals surface area contributed by atoms with Gasteiger partial charge in [0, 0.05) is 0 Å². The maximum absolute atomic E-state index is 12.4. The van der Waals surface area contributed by atoms with Crippen molar-refractivity contribution in [2.75, 3.05) is 13.2 Å². The Morgan fingerprint density at radius 3 is 0.886 bits per heavy atom. The van der Waals surface area contributed by atoms with E-state index in [2.05, 4.69) is 33.8 Å². The van der Waals surface area contributed by atoms with Crippen molar-refractivity contribution >= 4 is 62.5 Å². The Labute approximate surface area is 464 Å². The fourth-order valence-electron chi connectivity index (χ4n) is 8.00. The molecule has 388 valence electrons. The molecule has 70 heavy (non-hydrogen) atoms. The Hall–Kier alpha value is -0.980. The van der Waals surface area contributed by atoms with Crippen LogP contribution in [0.3, 0.4) is 0 Å². The molecule has 0 aliphatic rings. The van der Waals surface area contributed by atoms with Crippen LogP contribution < -0.4 is 59.1 Å².